The third-order valence-corrected chi connectivity index (χ3v) is 5.45. The molecular formula is C19H25Cl3N4O2. The molecule has 1 aromatic carbocycles. The second-order valence-corrected chi connectivity index (χ2v) is 7.71. The Balaban J connectivity index is 1.65. The number of carbonyl (C=O) groups is 1. The molecule has 28 heavy (non-hydrogen) atoms. The van der Waals surface area contributed by atoms with Crippen molar-refractivity contribution < 1.29 is 9.53 Å². The fraction of sp³-hybridized carbons (Fsp3) is 0.474. The van der Waals surface area contributed by atoms with Crippen molar-refractivity contribution in [2.75, 3.05) is 33.2 Å². The first kappa shape index (κ1) is 22.8. The van der Waals surface area contributed by atoms with Crippen LogP contribution < -0.4 is 15.8 Å². The minimum Gasteiger partial charge on any atom is -0.490 e. The smallest absolute Gasteiger partial charge is 0.268 e. The highest BCUT2D eigenvalue weighted by molar-refractivity contribution is 6.42. The first-order valence-electron chi connectivity index (χ1n) is 9.10. The second-order valence-electron chi connectivity index (χ2n) is 6.49. The van der Waals surface area contributed by atoms with Crippen LogP contribution in [0.3, 0.4) is 0 Å². The summed E-state index contributed by atoms with van der Waals surface area (Å²) in [5, 5.41) is 3.93. The average Bonchev–Trinajstić information content (AvgIpc) is 2.68. The van der Waals surface area contributed by atoms with E-state index in [2.05, 4.69) is 15.2 Å². The molecular weight excluding hydrogens is 423 g/mol. The van der Waals surface area contributed by atoms with Gasteiger partial charge in [0.15, 0.2) is 0 Å². The largest absolute Gasteiger partial charge is 0.490 e. The Morgan fingerprint density at radius 1 is 1.36 bits per heavy atom. The van der Waals surface area contributed by atoms with E-state index in [0.717, 1.165) is 44.6 Å². The van der Waals surface area contributed by atoms with E-state index in [1.807, 2.05) is 6.07 Å². The number of hydrogen-bond acceptors (Lipinski definition) is 5. The van der Waals surface area contributed by atoms with Gasteiger partial charge in [-0.15, -0.1) is 0 Å². The SMILES string of the molecule is CN=CC(Cl)=C(N)C(=O)NCCCN1CCC(Oc2ccc(Cl)c(Cl)c2)CC1. The zero-order chi connectivity index (χ0) is 20.5. The molecule has 0 saturated carbocycles. The summed E-state index contributed by atoms with van der Waals surface area (Å²) in [6, 6.07) is 5.33. The highest BCUT2D eigenvalue weighted by atomic mass is 35.5. The molecule has 0 atom stereocenters. The molecule has 1 heterocycles. The van der Waals surface area contributed by atoms with E-state index >= 15 is 0 Å². The highest BCUT2D eigenvalue weighted by Gasteiger charge is 2.20. The molecule has 0 spiro atoms. The van der Waals surface area contributed by atoms with Gasteiger partial charge in [-0.25, -0.2) is 0 Å². The lowest BCUT2D eigenvalue weighted by atomic mass is 10.1. The maximum atomic E-state index is 11.9. The Labute approximate surface area is 180 Å². The molecule has 1 aliphatic heterocycles. The molecule has 1 aromatic rings. The summed E-state index contributed by atoms with van der Waals surface area (Å²) in [5.41, 5.74) is 5.65. The zero-order valence-corrected chi connectivity index (χ0v) is 18.0. The van der Waals surface area contributed by atoms with Gasteiger partial charge in [-0.05, 0) is 37.9 Å². The van der Waals surface area contributed by atoms with Gasteiger partial charge in [-0.1, -0.05) is 34.8 Å². The van der Waals surface area contributed by atoms with Crippen molar-refractivity contribution in [3.8, 4) is 5.75 Å². The Morgan fingerprint density at radius 2 is 2.07 bits per heavy atom. The standard InChI is InChI=1S/C19H25Cl3N4O2/c1-24-12-17(22)18(23)19(27)25-7-2-8-26-9-5-13(6-10-26)28-14-3-4-15(20)16(21)11-14/h3-4,11-13H,2,5-10,23H2,1H3,(H,25,27). The molecule has 0 radical (unpaired) electrons. The Hall–Kier alpha value is -1.47. The van der Waals surface area contributed by atoms with Crippen LogP contribution in [0.4, 0.5) is 0 Å². The normalized spacial score (nSPS) is 16.9. The summed E-state index contributed by atoms with van der Waals surface area (Å²) < 4.78 is 6.00. The van der Waals surface area contributed by atoms with E-state index in [-0.39, 0.29) is 22.7 Å². The Bertz CT molecular complexity index is 732. The number of amides is 1. The highest BCUT2D eigenvalue weighted by Crippen LogP contribution is 2.28. The third-order valence-electron chi connectivity index (χ3n) is 4.41. The number of benzene rings is 1. The molecule has 6 nitrogen and oxygen atoms in total. The number of halogens is 3. The summed E-state index contributed by atoms with van der Waals surface area (Å²) in [7, 11) is 1.56. The third kappa shape index (κ3) is 7.17. The van der Waals surface area contributed by atoms with Crippen molar-refractivity contribution in [3.05, 3.63) is 39.0 Å². The molecule has 0 aliphatic carbocycles. The molecule has 2 rings (SSSR count). The molecule has 1 amide bonds. The number of nitrogens with one attached hydrogen (secondary N) is 1. The minimum atomic E-state index is -0.376. The van der Waals surface area contributed by atoms with Gasteiger partial charge in [0.1, 0.15) is 17.6 Å². The maximum Gasteiger partial charge on any atom is 0.268 e. The van der Waals surface area contributed by atoms with Gasteiger partial charge < -0.3 is 20.7 Å². The fourth-order valence-corrected chi connectivity index (χ4v) is 3.36. The first-order valence-corrected chi connectivity index (χ1v) is 10.2. The Morgan fingerprint density at radius 3 is 2.71 bits per heavy atom. The lowest BCUT2D eigenvalue weighted by Crippen LogP contribution is -2.39. The number of piperidine rings is 1. The van der Waals surface area contributed by atoms with Gasteiger partial charge in [0, 0.05) is 39.0 Å². The molecule has 0 unspecified atom stereocenters. The van der Waals surface area contributed by atoms with Crippen molar-refractivity contribution in [1.29, 1.82) is 0 Å². The van der Waals surface area contributed by atoms with E-state index in [1.165, 1.54) is 6.21 Å². The van der Waals surface area contributed by atoms with Crippen LogP contribution in [-0.2, 0) is 4.79 Å². The van der Waals surface area contributed by atoms with E-state index in [1.54, 1.807) is 19.2 Å². The molecule has 0 aromatic heterocycles. The van der Waals surface area contributed by atoms with E-state index in [4.69, 9.17) is 45.3 Å². The number of nitrogens with zero attached hydrogens (tertiary/aromatic N) is 2. The summed E-state index contributed by atoms with van der Waals surface area (Å²) in [5.74, 6) is 0.367. The molecule has 1 aliphatic rings. The van der Waals surface area contributed by atoms with Crippen LogP contribution in [0, 0.1) is 0 Å². The summed E-state index contributed by atoms with van der Waals surface area (Å²) in [6.45, 7) is 3.32. The summed E-state index contributed by atoms with van der Waals surface area (Å²) >= 11 is 17.8. The van der Waals surface area contributed by atoms with Crippen LogP contribution in [0.15, 0.2) is 33.9 Å². The van der Waals surface area contributed by atoms with Gasteiger partial charge in [0.25, 0.3) is 5.91 Å². The van der Waals surface area contributed by atoms with Crippen molar-refractivity contribution in [2.24, 2.45) is 10.7 Å². The topological polar surface area (TPSA) is 79.9 Å². The second kappa shape index (κ2) is 11.5. The number of rotatable bonds is 8. The van der Waals surface area contributed by atoms with Gasteiger partial charge >= 0.3 is 0 Å². The predicted octanol–water partition coefficient (Wildman–Crippen LogP) is 3.45. The molecule has 1 saturated heterocycles. The van der Waals surface area contributed by atoms with E-state index in [9.17, 15) is 4.79 Å². The molecule has 9 heteroatoms. The van der Waals surface area contributed by atoms with Crippen LogP contribution in [0.25, 0.3) is 0 Å². The number of aliphatic imine (C=N–C) groups is 1. The number of ether oxygens (including phenoxy) is 1. The zero-order valence-electron chi connectivity index (χ0n) is 15.8. The van der Waals surface area contributed by atoms with Crippen LogP contribution >= 0.6 is 34.8 Å². The number of hydrogen-bond donors (Lipinski definition) is 2. The molecule has 1 fully saturated rings. The fourth-order valence-electron chi connectivity index (χ4n) is 2.88. The first-order chi connectivity index (χ1) is 13.4. The summed E-state index contributed by atoms with van der Waals surface area (Å²) in [6.07, 6.45) is 4.22. The minimum absolute atomic E-state index is 0.0208. The van der Waals surface area contributed by atoms with E-state index < -0.39 is 0 Å². The Kier molecular flexibility index (Phi) is 9.38. The van der Waals surface area contributed by atoms with Crippen LogP contribution in [0.5, 0.6) is 5.75 Å². The quantitative estimate of drug-likeness (QED) is 0.363. The summed E-state index contributed by atoms with van der Waals surface area (Å²) in [4.78, 5) is 18.0. The molecule has 3 N–H and O–H groups in total. The molecule has 0 bridgehead atoms. The number of likely N-dealkylation sites (tertiary alicyclic amines) is 1. The van der Waals surface area contributed by atoms with Crippen molar-refractivity contribution in [1.82, 2.24) is 10.2 Å². The lowest BCUT2D eigenvalue weighted by Gasteiger charge is -2.32. The number of allylic oxidation sites excluding steroid dienone is 1. The number of nitrogens with two attached hydrogens (primary N) is 1. The van der Waals surface area contributed by atoms with Crippen molar-refractivity contribution in [3.63, 3.8) is 0 Å². The molecule has 154 valence electrons. The van der Waals surface area contributed by atoms with Gasteiger partial charge in [0.2, 0.25) is 0 Å². The maximum absolute atomic E-state index is 11.9. The van der Waals surface area contributed by atoms with Crippen molar-refractivity contribution in [2.45, 2.75) is 25.4 Å². The van der Waals surface area contributed by atoms with Gasteiger partial charge in [-0.3, -0.25) is 9.79 Å². The van der Waals surface area contributed by atoms with Crippen LogP contribution in [0.1, 0.15) is 19.3 Å². The monoisotopic (exact) mass is 446 g/mol. The van der Waals surface area contributed by atoms with Gasteiger partial charge in [0.05, 0.1) is 15.1 Å². The van der Waals surface area contributed by atoms with Gasteiger partial charge in [-0.2, -0.15) is 0 Å². The van der Waals surface area contributed by atoms with Crippen molar-refractivity contribution >= 4 is 46.9 Å². The lowest BCUT2D eigenvalue weighted by molar-refractivity contribution is -0.117. The predicted molar refractivity (Wildman–Crippen MR) is 116 cm³/mol. The van der Waals surface area contributed by atoms with Crippen LogP contribution in [-0.4, -0.2) is 56.4 Å². The average molecular weight is 448 g/mol. The van der Waals surface area contributed by atoms with E-state index in [0.29, 0.717) is 16.6 Å². The number of carbonyl (C=O) groups excluding carboxylic acids is 1. The van der Waals surface area contributed by atoms with Crippen LogP contribution in [0.2, 0.25) is 10.0 Å².